The smallest absolute Gasteiger partial charge is 0.337 e. The summed E-state index contributed by atoms with van der Waals surface area (Å²) in [6, 6.07) is 20.3. The number of hydrogen-bond donors (Lipinski definition) is 2. The summed E-state index contributed by atoms with van der Waals surface area (Å²) in [4.78, 5) is 29.0. The third kappa shape index (κ3) is 5.14. The van der Waals surface area contributed by atoms with Gasteiger partial charge in [-0.2, -0.15) is 0 Å². The highest BCUT2D eigenvalue weighted by atomic mass is 16.5. The molecule has 0 radical (unpaired) electrons. The molecular formula is C27H29N3O4. The molecule has 7 heteroatoms. The second-order valence-corrected chi connectivity index (χ2v) is 8.23. The molecule has 3 aromatic carbocycles. The van der Waals surface area contributed by atoms with Crippen LogP contribution >= 0.6 is 0 Å². The first-order chi connectivity index (χ1) is 16.5. The number of amides is 1. The van der Waals surface area contributed by atoms with E-state index in [0.717, 1.165) is 48.9 Å². The minimum atomic E-state index is -1.08. The lowest BCUT2D eigenvalue weighted by molar-refractivity contribution is 0.0698. The fourth-order valence-corrected chi connectivity index (χ4v) is 4.12. The van der Waals surface area contributed by atoms with Crippen molar-refractivity contribution < 1.29 is 19.4 Å². The molecule has 2 N–H and O–H groups in total. The van der Waals surface area contributed by atoms with E-state index in [1.165, 1.54) is 0 Å². The zero-order valence-electron chi connectivity index (χ0n) is 19.5. The molecule has 0 aliphatic carbocycles. The summed E-state index contributed by atoms with van der Waals surface area (Å²) in [7, 11) is 0. The van der Waals surface area contributed by atoms with Gasteiger partial charge in [-0.3, -0.25) is 4.79 Å². The Labute approximate surface area is 199 Å². The van der Waals surface area contributed by atoms with Crippen LogP contribution in [0.2, 0.25) is 0 Å². The van der Waals surface area contributed by atoms with Crippen LogP contribution in [0.3, 0.4) is 0 Å². The monoisotopic (exact) mass is 459 g/mol. The Bertz CT molecular complexity index is 1170. The Morgan fingerprint density at radius 2 is 1.62 bits per heavy atom. The Kier molecular flexibility index (Phi) is 7.01. The van der Waals surface area contributed by atoms with Crippen LogP contribution in [0.15, 0.2) is 66.7 Å². The number of carbonyl (C=O) groups is 2. The molecule has 0 saturated carbocycles. The maximum absolute atomic E-state index is 12.6. The lowest BCUT2D eigenvalue weighted by Crippen LogP contribution is -2.46. The number of nitrogens with one attached hydrogen (secondary N) is 1. The van der Waals surface area contributed by atoms with Crippen molar-refractivity contribution in [3.63, 3.8) is 0 Å². The molecule has 0 aromatic heterocycles. The molecular weight excluding hydrogens is 430 g/mol. The van der Waals surface area contributed by atoms with Gasteiger partial charge in [0.05, 0.1) is 23.5 Å². The van der Waals surface area contributed by atoms with E-state index in [9.17, 15) is 14.7 Å². The normalized spacial score (nSPS) is 13.5. The third-order valence-electron chi connectivity index (χ3n) is 5.95. The number of para-hydroxylation sites is 2. The molecule has 0 bridgehead atoms. The van der Waals surface area contributed by atoms with E-state index < -0.39 is 5.97 Å². The lowest BCUT2D eigenvalue weighted by Gasteiger charge is -2.38. The molecule has 1 aliphatic heterocycles. The SMILES string of the molecule is CCOc1ccccc1N1CCN(c2ccc(NC(=O)c3ccc(C)cc3)c(C(=O)O)c2)CC1. The number of carbonyl (C=O) groups excluding carboxylic acids is 1. The Balaban J connectivity index is 1.47. The van der Waals surface area contributed by atoms with Gasteiger partial charge in [-0.1, -0.05) is 29.8 Å². The summed E-state index contributed by atoms with van der Waals surface area (Å²) in [5.41, 5.74) is 3.78. The van der Waals surface area contributed by atoms with E-state index >= 15 is 0 Å². The van der Waals surface area contributed by atoms with Crippen molar-refractivity contribution >= 4 is 28.9 Å². The van der Waals surface area contributed by atoms with E-state index in [0.29, 0.717) is 12.2 Å². The van der Waals surface area contributed by atoms with E-state index in [-0.39, 0.29) is 17.2 Å². The van der Waals surface area contributed by atoms with Crippen LogP contribution in [0.1, 0.15) is 33.2 Å². The van der Waals surface area contributed by atoms with Gasteiger partial charge in [-0.15, -0.1) is 0 Å². The van der Waals surface area contributed by atoms with Crippen molar-refractivity contribution in [1.29, 1.82) is 0 Å². The Morgan fingerprint density at radius 3 is 2.29 bits per heavy atom. The van der Waals surface area contributed by atoms with Crippen molar-refractivity contribution in [2.24, 2.45) is 0 Å². The molecule has 1 amide bonds. The maximum Gasteiger partial charge on any atom is 0.337 e. The third-order valence-corrected chi connectivity index (χ3v) is 5.95. The molecule has 1 fully saturated rings. The topological polar surface area (TPSA) is 82.1 Å². The highest BCUT2D eigenvalue weighted by molar-refractivity contribution is 6.08. The van der Waals surface area contributed by atoms with Crippen LogP contribution < -0.4 is 19.9 Å². The summed E-state index contributed by atoms with van der Waals surface area (Å²) in [6.45, 7) is 7.60. The van der Waals surface area contributed by atoms with Gasteiger partial charge in [0.15, 0.2) is 0 Å². The number of carboxylic acid groups (broad SMARTS) is 1. The second-order valence-electron chi connectivity index (χ2n) is 8.23. The minimum Gasteiger partial charge on any atom is -0.492 e. The average Bonchev–Trinajstić information content (AvgIpc) is 2.85. The van der Waals surface area contributed by atoms with Gasteiger partial charge < -0.3 is 25.0 Å². The molecule has 3 aromatic rings. The number of nitrogens with zero attached hydrogens (tertiary/aromatic N) is 2. The number of hydrogen-bond acceptors (Lipinski definition) is 5. The molecule has 0 unspecified atom stereocenters. The number of rotatable bonds is 7. The molecule has 1 aliphatic rings. The van der Waals surface area contributed by atoms with Gasteiger partial charge in [-0.25, -0.2) is 4.79 Å². The number of benzene rings is 3. The number of aromatic carboxylic acids is 1. The van der Waals surface area contributed by atoms with Gasteiger partial charge in [0.25, 0.3) is 5.91 Å². The van der Waals surface area contributed by atoms with Crippen LogP contribution in [-0.2, 0) is 0 Å². The van der Waals surface area contributed by atoms with Gasteiger partial charge in [-0.05, 0) is 56.3 Å². The largest absolute Gasteiger partial charge is 0.492 e. The molecule has 1 heterocycles. The van der Waals surface area contributed by atoms with E-state index in [1.54, 1.807) is 24.3 Å². The first-order valence-corrected chi connectivity index (χ1v) is 11.4. The summed E-state index contributed by atoms with van der Waals surface area (Å²) in [5.74, 6) is -0.539. The standard InChI is InChI=1S/C27H29N3O4/c1-3-34-25-7-5-4-6-24(25)30-16-14-29(15-17-30)21-12-13-23(22(18-21)27(32)33)28-26(31)20-10-8-19(2)9-11-20/h4-13,18H,3,14-17H2,1-2H3,(H,28,31)(H,32,33). The predicted octanol–water partition coefficient (Wildman–Crippen LogP) is 4.67. The minimum absolute atomic E-state index is 0.0714. The van der Waals surface area contributed by atoms with E-state index in [2.05, 4.69) is 21.2 Å². The molecule has 1 saturated heterocycles. The first kappa shape index (κ1) is 23.2. The molecule has 0 spiro atoms. The van der Waals surface area contributed by atoms with Crippen LogP contribution in [0.25, 0.3) is 0 Å². The van der Waals surface area contributed by atoms with Crippen molar-refractivity contribution in [2.45, 2.75) is 13.8 Å². The fourth-order valence-electron chi connectivity index (χ4n) is 4.12. The molecule has 0 atom stereocenters. The summed E-state index contributed by atoms with van der Waals surface area (Å²) in [5, 5.41) is 12.5. The van der Waals surface area contributed by atoms with Crippen molar-refractivity contribution in [3.05, 3.63) is 83.4 Å². The zero-order valence-corrected chi connectivity index (χ0v) is 19.5. The van der Waals surface area contributed by atoms with Crippen LogP contribution in [0, 0.1) is 6.92 Å². The summed E-state index contributed by atoms with van der Waals surface area (Å²) in [6.07, 6.45) is 0. The van der Waals surface area contributed by atoms with Crippen molar-refractivity contribution in [3.8, 4) is 5.75 Å². The second kappa shape index (κ2) is 10.3. The van der Waals surface area contributed by atoms with Crippen molar-refractivity contribution in [2.75, 3.05) is 47.9 Å². The van der Waals surface area contributed by atoms with E-state index in [1.807, 2.05) is 50.2 Å². The van der Waals surface area contributed by atoms with Gasteiger partial charge in [0, 0.05) is 37.4 Å². The fraction of sp³-hybridized carbons (Fsp3) is 0.259. The van der Waals surface area contributed by atoms with E-state index in [4.69, 9.17) is 4.74 Å². The number of carboxylic acids is 1. The zero-order chi connectivity index (χ0) is 24.1. The van der Waals surface area contributed by atoms with Gasteiger partial charge >= 0.3 is 5.97 Å². The van der Waals surface area contributed by atoms with Crippen LogP contribution in [0.4, 0.5) is 17.1 Å². The van der Waals surface area contributed by atoms with Crippen LogP contribution in [0.5, 0.6) is 5.75 Å². The van der Waals surface area contributed by atoms with Crippen LogP contribution in [-0.4, -0.2) is 49.8 Å². The van der Waals surface area contributed by atoms with Crippen molar-refractivity contribution in [1.82, 2.24) is 0 Å². The first-order valence-electron chi connectivity index (χ1n) is 11.4. The number of aryl methyl sites for hydroxylation is 1. The number of anilines is 3. The lowest BCUT2D eigenvalue weighted by atomic mass is 10.1. The molecule has 4 rings (SSSR count). The number of piperazine rings is 1. The predicted molar refractivity (Wildman–Crippen MR) is 135 cm³/mol. The molecule has 34 heavy (non-hydrogen) atoms. The van der Waals surface area contributed by atoms with Gasteiger partial charge in [0.1, 0.15) is 5.75 Å². The average molecular weight is 460 g/mol. The maximum atomic E-state index is 12.6. The highest BCUT2D eigenvalue weighted by Crippen LogP contribution is 2.30. The quantitative estimate of drug-likeness (QED) is 0.534. The number of ether oxygens (including phenoxy) is 1. The molecule has 7 nitrogen and oxygen atoms in total. The molecule has 176 valence electrons. The van der Waals surface area contributed by atoms with Gasteiger partial charge in [0.2, 0.25) is 0 Å². The Morgan fingerprint density at radius 1 is 0.941 bits per heavy atom. The Hall–Kier alpha value is -4.00. The summed E-state index contributed by atoms with van der Waals surface area (Å²) >= 11 is 0. The highest BCUT2D eigenvalue weighted by Gasteiger charge is 2.22. The summed E-state index contributed by atoms with van der Waals surface area (Å²) < 4.78 is 5.77.